The molecule has 3 nitrogen and oxygen atoms in total. The van der Waals surface area contributed by atoms with Crippen LogP contribution >= 0.6 is 43.2 Å². The Labute approximate surface area is 154 Å². The molecule has 3 aromatic rings. The van der Waals surface area contributed by atoms with Crippen LogP contribution in [0.2, 0.25) is 0 Å². The van der Waals surface area contributed by atoms with Gasteiger partial charge in [-0.2, -0.15) is 0 Å². The number of ketones is 1. The largest absolute Gasteiger partial charge is 0.323 e. The normalized spacial score (nSPS) is 10.7. The summed E-state index contributed by atoms with van der Waals surface area (Å²) in [6, 6.07) is 14.9. The Kier molecular flexibility index (Phi) is 4.94. The van der Waals surface area contributed by atoms with Crippen molar-refractivity contribution in [3.05, 3.63) is 63.4 Å². The molecule has 0 spiro atoms. The first-order valence-electron chi connectivity index (χ1n) is 6.78. The SMILES string of the molecule is O=C(CBr)Nc1c(C(=O)c2cccc(Br)c2)sc2ccccc12. The number of hydrogen-bond donors (Lipinski definition) is 1. The maximum absolute atomic E-state index is 12.9. The Morgan fingerprint density at radius 1 is 1.09 bits per heavy atom. The molecular formula is C17H11Br2NO2S. The number of carbonyl (C=O) groups excluding carboxylic acids is 2. The molecule has 0 fully saturated rings. The Bertz CT molecular complexity index is 904. The van der Waals surface area contributed by atoms with E-state index in [2.05, 4.69) is 37.2 Å². The van der Waals surface area contributed by atoms with Crippen molar-refractivity contribution in [2.24, 2.45) is 0 Å². The van der Waals surface area contributed by atoms with Crippen LogP contribution in [0, 0.1) is 0 Å². The minimum Gasteiger partial charge on any atom is -0.323 e. The fraction of sp³-hybridized carbons (Fsp3) is 0.0588. The van der Waals surface area contributed by atoms with Gasteiger partial charge in [0.05, 0.1) is 15.9 Å². The number of hydrogen-bond acceptors (Lipinski definition) is 3. The first-order chi connectivity index (χ1) is 11.1. The predicted molar refractivity (Wildman–Crippen MR) is 102 cm³/mol. The van der Waals surface area contributed by atoms with Crippen molar-refractivity contribution < 1.29 is 9.59 Å². The second kappa shape index (κ2) is 6.95. The summed E-state index contributed by atoms with van der Waals surface area (Å²) in [5.41, 5.74) is 1.17. The summed E-state index contributed by atoms with van der Waals surface area (Å²) in [6.07, 6.45) is 0. The summed E-state index contributed by atoms with van der Waals surface area (Å²) in [6.45, 7) is 0. The number of benzene rings is 2. The first kappa shape index (κ1) is 16.4. The van der Waals surface area contributed by atoms with E-state index in [0.29, 0.717) is 16.1 Å². The van der Waals surface area contributed by atoms with E-state index >= 15 is 0 Å². The van der Waals surface area contributed by atoms with Crippen LogP contribution in [0.3, 0.4) is 0 Å². The van der Waals surface area contributed by atoms with Gasteiger partial charge in [0.15, 0.2) is 0 Å². The Hall–Kier alpha value is -1.50. The van der Waals surface area contributed by atoms with Crippen molar-refractivity contribution in [1.82, 2.24) is 0 Å². The molecule has 1 N–H and O–H groups in total. The van der Waals surface area contributed by atoms with Gasteiger partial charge in [0.25, 0.3) is 0 Å². The number of anilines is 1. The quantitative estimate of drug-likeness (QED) is 0.435. The number of fused-ring (bicyclic) bond motifs is 1. The Morgan fingerprint density at radius 2 is 1.87 bits per heavy atom. The number of alkyl halides is 1. The second-order valence-electron chi connectivity index (χ2n) is 4.82. The predicted octanol–water partition coefficient (Wildman–Crippen LogP) is 5.23. The zero-order chi connectivity index (χ0) is 16.4. The number of halogens is 2. The Balaban J connectivity index is 2.14. The van der Waals surface area contributed by atoms with Gasteiger partial charge in [0.1, 0.15) is 0 Å². The number of rotatable bonds is 4. The zero-order valence-electron chi connectivity index (χ0n) is 11.8. The van der Waals surface area contributed by atoms with Gasteiger partial charge in [0, 0.05) is 20.1 Å². The Morgan fingerprint density at radius 3 is 2.61 bits per heavy atom. The average molecular weight is 453 g/mol. The molecule has 116 valence electrons. The maximum Gasteiger partial charge on any atom is 0.235 e. The third kappa shape index (κ3) is 3.39. The van der Waals surface area contributed by atoms with Crippen molar-refractivity contribution in [2.45, 2.75) is 0 Å². The molecule has 1 aromatic heterocycles. The number of thiophene rings is 1. The first-order valence-corrected chi connectivity index (χ1v) is 9.51. The molecule has 0 aliphatic heterocycles. The lowest BCUT2D eigenvalue weighted by Gasteiger charge is -2.06. The molecule has 1 amide bonds. The van der Waals surface area contributed by atoms with Crippen LogP contribution in [0.15, 0.2) is 53.0 Å². The molecule has 0 radical (unpaired) electrons. The van der Waals surface area contributed by atoms with Crippen LogP contribution in [0.1, 0.15) is 15.2 Å². The van der Waals surface area contributed by atoms with E-state index in [0.717, 1.165) is 14.6 Å². The molecule has 23 heavy (non-hydrogen) atoms. The minimum atomic E-state index is -0.183. The van der Waals surface area contributed by atoms with Crippen LogP contribution in [0.25, 0.3) is 10.1 Å². The van der Waals surface area contributed by atoms with Gasteiger partial charge < -0.3 is 5.32 Å². The molecular weight excluding hydrogens is 442 g/mol. The van der Waals surface area contributed by atoms with Crippen LogP contribution in [0.4, 0.5) is 5.69 Å². The van der Waals surface area contributed by atoms with E-state index in [4.69, 9.17) is 0 Å². The van der Waals surface area contributed by atoms with E-state index in [1.165, 1.54) is 11.3 Å². The number of nitrogens with one attached hydrogen (secondary N) is 1. The maximum atomic E-state index is 12.9. The highest BCUT2D eigenvalue weighted by molar-refractivity contribution is 9.10. The van der Waals surface area contributed by atoms with Crippen molar-refractivity contribution in [3.63, 3.8) is 0 Å². The summed E-state index contributed by atoms with van der Waals surface area (Å²) in [7, 11) is 0. The molecule has 0 saturated carbocycles. The monoisotopic (exact) mass is 451 g/mol. The van der Waals surface area contributed by atoms with E-state index in [-0.39, 0.29) is 17.0 Å². The van der Waals surface area contributed by atoms with Gasteiger partial charge >= 0.3 is 0 Å². The van der Waals surface area contributed by atoms with Crippen molar-refractivity contribution in [1.29, 1.82) is 0 Å². The lowest BCUT2D eigenvalue weighted by atomic mass is 10.1. The highest BCUT2D eigenvalue weighted by atomic mass is 79.9. The van der Waals surface area contributed by atoms with Gasteiger partial charge in [-0.15, -0.1) is 11.3 Å². The van der Waals surface area contributed by atoms with Gasteiger partial charge in [-0.3, -0.25) is 9.59 Å². The summed E-state index contributed by atoms with van der Waals surface area (Å²) in [5, 5.41) is 3.90. The number of amides is 1. The van der Waals surface area contributed by atoms with Gasteiger partial charge in [-0.1, -0.05) is 62.2 Å². The summed E-state index contributed by atoms with van der Waals surface area (Å²) >= 11 is 7.91. The van der Waals surface area contributed by atoms with Gasteiger partial charge in [-0.05, 0) is 18.2 Å². The summed E-state index contributed by atoms with van der Waals surface area (Å²) in [4.78, 5) is 25.2. The van der Waals surface area contributed by atoms with E-state index < -0.39 is 0 Å². The molecule has 0 saturated heterocycles. The van der Waals surface area contributed by atoms with E-state index in [9.17, 15) is 9.59 Å². The molecule has 0 atom stereocenters. The van der Waals surface area contributed by atoms with Gasteiger partial charge in [-0.25, -0.2) is 0 Å². The van der Waals surface area contributed by atoms with Crippen molar-refractivity contribution >= 4 is 70.7 Å². The summed E-state index contributed by atoms with van der Waals surface area (Å²) in [5.74, 6) is -0.283. The lowest BCUT2D eigenvalue weighted by molar-refractivity contribution is -0.113. The van der Waals surface area contributed by atoms with Crippen molar-refractivity contribution in [2.75, 3.05) is 10.6 Å². The second-order valence-corrected chi connectivity index (χ2v) is 7.35. The molecule has 0 aliphatic carbocycles. The molecule has 3 rings (SSSR count). The molecule has 0 aliphatic rings. The molecule has 0 unspecified atom stereocenters. The smallest absolute Gasteiger partial charge is 0.235 e. The topological polar surface area (TPSA) is 46.2 Å². The third-order valence-corrected chi connectivity index (χ3v) is 5.45. The third-order valence-electron chi connectivity index (χ3n) is 3.27. The fourth-order valence-corrected chi connectivity index (χ4v) is 3.92. The van der Waals surface area contributed by atoms with Crippen LogP contribution in [-0.4, -0.2) is 17.0 Å². The molecule has 6 heteroatoms. The van der Waals surface area contributed by atoms with Crippen LogP contribution in [-0.2, 0) is 4.79 Å². The zero-order valence-corrected chi connectivity index (χ0v) is 15.8. The minimum absolute atomic E-state index is 0.0997. The lowest BCUT2D eigenvalue weighted by Crippen LogP contribution is -2.14. The van der Waals surface area contributed by atoms with E-state index in [1.54, 1.807) is 12.1 Å². The van der Waals surface area contributed by atoms with Crippen molar-refractivity contribution in [3.8, 4) is 0 Å². The van der Waals surface area contributed by atoms with Gasteiger partial charge in [0.2, 0.25) is 11.7 Å². The number of carbonyl (C=O) groups is 2. The van der Waals surface area contributed by atoms with E-state index in [1.807, 2.05) is 36.4 Å². The van der Waals surface area contributed by atoms with Crippen LogP contribution < -0.4 is 5.32 Å². The highest BCUT2D eigenvalue weighted by Gasteiger charge is 2.21. The summed E-state index contributed by atoms with van der Waals surface area (Å²) < 4.78 is 1.81. The average Bonchev–Trinajstić information content (AvgIpc) is 2.92. The molecule has 2 aromatic carbocycles. The highest BCUT2D eigenvalue weighted by Crippen LogP contribution is 2.37. The van der Waals surface area contributed by atoms with Crippen LogP contribution in [0.5, 0.6) is 0 Å². The molecule has 1 heterocycles. The fourth-order valence-electron chi connectivity index (χ4n) is 2.26. The molecule has 0 bridgehead atoms. The standard InChI is InChI=1S/C17H11Br2NO2S/c18-9-14(21)20-15-12-6-1-2-7-13(12)23-17(15)16(22)10-4-3-5-11(19)8-10/h1-8H,9H2,(H,20,21).